The number of carbonyl (C=O) groups is 3. The van der Waals surface area contributed by atoms with Crippen molar-refractivity contribution in [2.24, 2.45) is 0 Å². The second-order valence-corrected chi connectivity index (χ2v) is 17.1. The number of nitrogens with one attached hydrogen (secondary N) is 1. The van der Waals surface area contributed by atoms with Crippen molar-refractivity contribution in [1.29, 1.82) is 0 Å². The molecule has 2 N–H and O–H groups in total. The van der Waals surface area contributed by atoms with Gasteiger partial charge in [-0.25, -0.2) is 0 Å². The summed E-state index contributed by atoms with van der Waals surface area (Å²) in [5.41, 5.74) is 0. The van der Waals surface area contributed by atoms with Crippen molar-refractivity contribution in [2.45, 2.75) is 270 Å². The number of unbranched alkanes of at least 4 members (excludes halogenated alkanes) is 29. The maximum Gasteiger partial charge on any atom is 0.322 e. The molecule has 0 rings (SSSR count). The van der Waals surface area contributed by atoms with E-state index >= 15 is 0 Å². The van der Waals surface area contributed by atoms with Gasteiger partial charge in [0.05, 0.1) is 0 Å². The van der Waals surface area contributed by atoms with Crippen LogP contribution in [0.2, 0.25) is 0 Å². The van der Waals surface area contributed by atoms with Crippen LogP contribution < -0.4 is 5.32 Å². The third-order valence-electron chi connectivity index (χ3n) is 11.3. The highest BCUT2D eigenvalue weighted by Crippen LogP contribution is 2.18. The summed E-state index contributed by atoms with van der Waals surface area (Å²) in [6.07, 6.45) is 60.0. The molecule has 0 radical (unpaired) electrons. The fourth-order valence-corrected chi connectivity index (χ4v) is 7.55. The molecule has 0 aliphatic rings. The number of aliphatic carboxylic acids is 1. The number of amides is 1. The molecule has 338 valence electrons. The molecule has 0 heterocycles. The van der Waals surface area contributed by atoms with Crippen LogP contribution in [-0.4, -0.2) is 35.6 Å². The lowest BCUT2D eigenvalue weighted by Crippen LogP contribution is -2.28. The lowest BCUT2D eigenvalue weighted by molar-refractivity contribution is -0.150. The van der Waals surface area contributed by atoms with Crippen molar-refractivity contribution in [3.8, 4) is 0 Å². The number of carboxylic acid groups (broad SMARTS) is 1. The number of hydrogen-bond donors (Lipinski definition) is 2. The number of carboxylic acids is 1. The van der Waals surface area contributed by atoms with E-state index in [2.05, 4.69) is 55.6 Å². The highest BCUT2D eigenvalue weighted by molar-refractivity contribution is 5.80. The largest absolute Gasteiger partial charge is 0.480 e. The van der Waals surface area contributed by atoms with Crippen LogP contribution in [0.3, 0.4) is 0 Å². The van der Waals surface area contributed by atoms with E-state index in [1.165, 1.54) is 161 Å². The molecule has 0 aromatic rings. The fourth-order valence-electron chi connectivity index (χ4n) is 7.55. The molecule has 0 aliphatic heterocycles. The van der Waals surface area contributed by atoms with Crippen molar-refractivity contribution in [3.63, 3.8) is 0 Å². The Bertz CT molecular complexity index is 988. The molecular weight excluding hydrogens is 719 g/mol. The first kappa shape index (κ1) is 55.6. The van der Waals surface area contributed by atoms with Gasteiger partial charge in [-0.3, -0.25) is 14.4 Å². The lowest BCUT2D eigenvalue weighted by atomic mass is 10.0. The van der Waals surface area contributed by atoms with Gasteiger partial charge in [-0.2, -0.15) is 0 Å². The van der Waals surface area contributed by atoms with Gasteiger partial charge >= 0.3 is 11.9 Å². The van der Waals surface area contributed by atoms with Crippen LogP contribution in [0.15, 0.2) is 36.5 Å². The summed E-state index contributed by atoms with van der Waals surface area (Å²) in [5.74, 6) is -1.24. The Morgan fingerprint density at radius 1 is 0.448 bits per heavy atom. The van der Waals surface area contributed by atoms with Crippen LogP contribution in [0.5, 0.6) is 0 Å². The Kier molecular flexibility index (Phi) is 45.4. The molecule has 0 fully saturated rings. The molecule has 0 spiro atoms. The highest BCUT2D eigenvalue weighted by Gasteiger charge is 2.14. The van der Waals surface area contributed by atoms with Gasteiger partial charge in [-0.1, -0.05) is 198 Å². The molecule has 0 aliphatic carbocycles. The summed E-state index contributed by atoms with van der Waals surface area (Å²) in [4.78, 5) is 35.2. The molecule has 58 heavy (non-hydrogen) atoms. The van der Waals surface area contributed by atoms with Crippen molar-refractivity contribution in [3.05, 3.63) is 36.5 Å². The molecule has 0 aromatic carbocycles. The van der Waals surface area contributed by atoms with E-state index in [-0.39, 0.29) is 24.5 Å². The Morgan fingerprint density at radius 3 is 1.28 bits per heavy atom. The Morgan fingerprint density at radius 2 is 0.810 bits per heavy atom. The lowest BCUT2D eigenvalue weighted by Gasteiger charge is -2.18. The monoisotopic (exact) mass is 814 g/mol. The molecular formula is C52H95NO5. The number of ether oxygens (including phenoxy) is 1. The molecule has 6 heteroatoms. The highest BCUT2D eigenvalue weighted by atomic mass is 16.5. The van der Waals surface area contributed by atoms with E-state index in [9.17, 15) is 14.4 Å². The van der Waals surface area contributed by atoms with E-state index in [0.29, 0.717) is 12.8 Å². The average Bonchev–Trinajstić information content (AvgIpc) is 3.21. The van der Waals surface area contributed by atoms with Gasteiger partial charge in [-0.05, 0) is 89.9 Å². The van der Waals surface area contributed by atoms with Gasteiger partial charge in [0.15, 0.2) is 0 Å². The number of hydrogen-bond acceptors (Lipinski definition) is 4. The van der Waals surface area contributed by atoms with Gasteiger partial charge in [-0.15, -0.1) is 0 Å². The summed E-state index contributed by atoms with van der Waals surface area (Å²) < 4.78 is 6.04. The third kappa shape index (κ3) is 46.3. The summed E-state index contributed by atoms with van der Waals surface area (Å²) >= 11 is 0. The predicted molar refractivity (Wildman–Crippen MR) is 249 cm³/mol. The predicted octanol–water partition coefficient (Wildman–Crippen LogP) is 16.0. The van der Waals surface area contributed by atoms with Crippen molar-refractivity contribution in [2.75, 3.05) is 6.54 Å². The van der Waals surface area contributed by atoms with Gasteiger partial charge in [0.25, 0.3) is 0 Å². The second-order valence-electron chi connectivity index (χ2n) is 17.1. The van der Waals surface area contributed by atoms with E-state index in [4.69, 9.17) is 9.84 Å². The molecule has 0 bridgehead atoms. The maximum atomic E-state index is 12.8. The minimum absolute atomic E-state index is 0.00571. The summed E-state index contributed by atoms with van der Waals surface area (Å²) in [6.45, 7) is 4.23. The Hall–Kier alpha value is -2.37. The number of carbonyl (C=O) groups excluding carboxylic acids is 2. The van der Waals surface area contributed by atoms with Gasteiger partial charge in [0, 0.05) is 12.8 Å². The van der Waals surface area contributed by atoms with E-state index in [0.717, 1.165) is 77.0 Å². The first-order valence-corrected chi connectivity index (χ1v) is 25.1. The van der Waals surface area contributed by atoms with Crippen molar-refractivity contribution < 1.29 is 24.2 Å². The van der Waals surface area contributed by atoms with Crippen LogP contribution in [0.4, 0.5) is 0 Å². The van der Waals surface area contributed by atoms with Gasteiger partial charge in [0.1, 0.15) is 12.6 Å². The number of esters is 1. The molecule has 6 nitrogen and oxygen atoms in total. The molecule has 0 saturated heterocycles. The molecule has 1 amide bonds. The van der Waals surface area contributed by atoms with Gasteiger partial charge in [0.2, 0.25) is 5.91 Å². The normalized spacial score (nSPS) is 12.3. The fraction of sp³-hybridized carbons (Fsp3) is 0.827. The Balaban J connectivity index is 4.07. The summed E-state index contributed by atoms with van der Waals surface area (Å²) in [6, 6.07) is 0. The number of rotatable bonds is 46. The number of allylic oxidation sites excluding steroid dienone is 6. The quantitative estimate of drug-likeness (QED) is 0.0363. The Labute approximate surface area is 359 Å². The maximum absolute atomic E-state index is 12.8. The van der Waals surface area contributed by atoms with Crippen LogP contribution in [0.25, 0.3) is 0 Å². The van der Waals surface area contributed by atoms with Crippen molar-refractivity contribution >= 4 is 17.8 Å². The van der Waals surface area contributed by atoms with E-state index in [1.54, 1.807) is 0 Å². The smallest absolute Gasteiger partial charge is 0.322 e. The zero-order chi connectivity index (χ0) is 42.3. The average molecular weight is 814 g/mol. The first-order valence-electron chi connectivity index (χ1n) is 25.1. The van der Waals surface area contributed by atoms with E-state index in [1.807, 2.05) is 0 Å². The van der Waals surface area contributed by atoms with Crippen LogP contribution >= 0.6 is 0 Å². The zero-order valence-corrected chi connectivity index (χ0v) is 38.4. The second kappa shape index (κ2) is 47.3. The van der Waals surface area contributed by atoms with Crippen LogP contribution in [0.1, 0.15) is 264 Å². The minimum Gasteiger partial charge on any atom is -0.480 e. The van der Waals surface area contributed by atoms with Crippen molar-refractivity contribution in [1.82, 2.24) is 5.32 Å². The first-order chi connectivity index (χ1) is 28.5. The third-order valence-corrected chi connectivity index (χ3v) is 11.3. The topological polar surface area (TPSA) is 92.7 Å². The molecule has 0 saturated carbocycles. The van der Waals surface area contributed by atoms with E-state index < -0.39 is 5.97 Å². The standard InChI is InChI=1S/C52H95NO5/c1-3-5-7-9-11-13-15-17-18-19-20-21-22-23-24-25-26-28-30-32-34-39-43-47-52(57)58-49(45-41-37-35-38-42-46-50(54)53-48-51(55)56)44-40-36-33-31-29-27-16-14-12-10-8-6-4-2/h15,17,19-20,31,33,49H,3-14,16,18,21-30,32,34-48H2,1-2H3,(H,53,54)(H,55,56)/b17-15-,20-19-,33-31-. The summed E-state index contributed by atoms with van der Waals surface area (Å²) in [7, 11) is 0. The van der Waals surface area contributed by atoms with Crippen LogP contribution in [0, 0.1) is 0 Å². The SMILES string of the molecule is CCCCCCC/C=C\C/C=C\CCCCCCCCCCCCCC(=O)OC(CCC/C=C\CCCCCCCCCC)CCCCCCCC(=O)NCC(=O)O. The molecule has 0 aromatic heterocycles. The minimum atomic E-state index is -1.02. The van der Waals surface area contributed by atoms with Crippen LogP contribution in [-0.2, 0) is 19.1 Å². The summed E-state index contributed by atoms with van der Waals surface area (Å²) in [5, 5.41) is 11.1. The molecule has 1 atom stereocenters. The zero-order valence-electron chi connectivity index (χ0n) is 38.4. The molecule has 1 unspecified atom stereocenters. The van der Waals surface area contributed by atoms with Gasteiger partial charge < -0.3 is 15.2 Å².